The van der Waals surface area contributed by atoms with Gasteiger partial charge in [0.2, 0.25) is 5.95 Å². The lowest BCUT2D eigenvalue weighted by atomic mass is 10.2. The van der Waals surface area contributed by atoms with Gasteiger partial charge in [-0.25, -0.2) is 14.8 Å². The van der Waals surface area contributed by atoms with Crippen LogP contribution in [0.1, 0.15) is 34.6 Å². The maximum absolute atomic E-state index is 12.1. The maximum Gasteiger partial charge on any atom is 0.337 e. The van der Waals surface area contributed by atoms with Crippen LogP contribution < -0.4 is 10.6 Å². The zero-order valence-electron chi connectivity index (χ0n) is 13.2. The Morgan fingerprint density at radius 3 is 2.17 bits per heavy atom. The van der Waals surface area contributed by atoms with E-state index in [1.54, 1.807) is 24.3 Å². The van der Waals surface area contributed by atoms with E-state index in [-0.39, 0.29) is 11.9 Å². The summed E-state index contributed by atoms with van der Waals surface area (Å²) >= 11 is 0. The number of carbonyl (C=O) groups excluding carboxylic acids is 2. The number of methoxy groups -OCH3 is 1. The standard InChI is InChI=1S/C16H18N4O3/c1-10(2)19-16-17-8-12(9-18-16)14(21)20-13-6-4-11(5-7-13)15(22)23-3/h4-10H,1-3H3,(H,20,21)(H,17,18,19). The molecule has 0 aliphatic carbocycles. The molecule has 2 aromatic rings. The molecule has 2 N–H and O–H groups in total. The quantitative estimate of drug-likeness (QED) is 0.823. The molecule has 23 heavy (non-hydrogen) atoms. The number of amides is 1. The average molecular weight is 314 g/mol. The van der Waals surface area contributed by atoms with Crippen molar-refractivity contribution in [2.75, 3.05) is 17.7 Å². The van der Waals surface area contributed by atoms with E-state index in [9.17, 15) is 9.59 Å². The van der Waals surface area contributed by atoms with Gasteiger partial charge in [-0.3, -0.25) is 4.79 Å². The van der Waals surface area contributed by atoms with Crippen molar-refractivity contribution in [3.05, 3.63) is 47.8 Å². The highest BCUT2D eigenvalue weighted by Crippen LogP contribution is 2.12. The normalized spacial score (nSPS) is 10.3. The largest absolute Gasteiger partial charge is 0.465 e. The van der Waals surface area contributed by atoms with E-state index in [0.717, 1.165) is 0 Å². The number of nitrogens with one attached hydrogen (secondary N) is 2. The number of aromatic nitrogens is 2. The van der Waals surface area contributed by atoms with Crippen LogP contribution in [0.4, 0.5) is 11.6 Å². The Morgan fingerprint density at radius 1 is 1.04 bits per heavy atom. The van der Waals surface area contributed by atoms with Crippen molar-refractivity contribution >= 4 is 23.5 Å². The first-order valence-electron chi connectivity index (χ1n) is 7.08. The van der Waals surface area contributed by atoms with Gasteiger partial charge in [0.1, 0.15) is 0 Å². The molecule has 7 heteroatoms. The Hall–Kier alpha value is -2.96. The van der Waals surface area contributed by atoms with Gasteiger partial charge >= 0.3 is 5.97 Å². The number of nitrogens with zero attached hydrogens (tertiary/aromatic N) is 2. The minimum Gasteiger partial charge on any atom is -0.465 e. The third-order valence-electron chi connectivity index (χ3n) is 2.90. The van der Waals surface area contributed by atoms with Crippen molar-refractivity contribution in [2.24, 2.45) is 0 Å². The number of benzene rings is 1. The van der Waals surface area contributed by atoms with Crippen molar-refractivity contribution in [1.29, 1.82) is 0 Å². The van der Waals surface area contributed by atoms with Crippen molar-refractivity contribution in [3.63, 3.8) is 0 Å². The van der Waals surface area contributed by atoms with Crippen LogP contribution >= 0.6 is 0 Å². The summed E-state index contributed by atoms with van der Waals surface area (Å²) in [6.45, 7) is 3.95. The van der Waals surface area contributed by atoms with E-state index >= 15 is 0 Å². The topological polar surface area (TPSA) is 93.2 Å². The van der Waals surface area contributed by atoms with E-state index in [2.05, 4.69) is 25.3 Å². The number of anilines is 2. The summed E-state index contributed by atoms with van der Waals surface area (Å²) in [6, 6.07) is 6.61. The zero-order valence-corrected chi connectivity index (χ0v) is 13.2. The molecule has 1 heterocycles. The number of rotatable bonds is 5. The molecule has 1 aromatic heterocycles. The van der Waals surface area contributed by atoms with Gasteiger partial charge in [-0.15, -0.1) is 0 Å². The van der Waals surface area contributed by atoms with Crippen LogP contribution in [0.25, 0.3) is 0 Å². The Balaban J connectivity index is 2.02. The Kier molecular flexibility index (Phi) is 5.24. The number of carbonyl (C=O) groups is 2. The van der Waals surface area contributed by atoms with E-state index in [1.165, 1.54) is 19.5 Å². The molecule has 0 atom stereocenters. The third kappa shape index (κ3) is 4.50. The van der Waals surface area contributed by atoms with E-state index in [4.69, 9.17) is 0 Å². The highest BCUT2D eigenvalue weighted by Gasteiger charge is 2.09. The molecule has 2 rings (SSSR count). The summed E-state index contributed by atoms with van der Waals surface area (Å²) < 4.78 is 4.62. The summed E-state index contributed by atoms with van der Waals surface area (Å²) in [5, 5.41) is 5.76. The SMILES string of the molecule is COC(=O)c1ccc(NC(=O)c2cnc(NC(C)C)nc2)cc1. The van der Waals surface area contributed by atoms with Crippen LogP contribution in [-0.4, -0.2) is 35.0 Å². The van der Waals surface area contributed by atoms with Gasteiger partial charge in [-0.05, 0) is 38.1 Å². The molecular formula is C16H18N4O3. The minimum atomic E-state index is -0.426. The molecule has 0 spiro atoms. The third-order valence-corrected chi connectivity index (χ3v) is 2.90. The molecule has 0 saturated heterocycles. The lowest BCUT2D eigenvalue weighted by Crippen LogP contribution is -2.15. The van der Waals surface area contributed by atoms with Crippen LogP contribution in [0.5, 0.6) is 0 Å². The van der Waals surface area contributed by atoms with Crippen molar-refractivity contribution in [1.82, 2.24) is 9.97 Å². The monoisotopic (exact) mass is 314 g/mol. The number of esters is 1. The van der Waals surface area contributed by atoms with Crippen molar-refractivity contribution < 1.29 is 14.3 Å². The zero-order chi connectivity index (χ0) is 16.8. The fourth-order valence-corrected chi connectivity index (χ4v) is 1.79. The molecule has 0 bridgehead atoms. The van der Waals surface area contributed by atoms with Gasteiger partial charge in [0.25, 0.3) is 5.91 Å². The smallest absolute Gasteiger partial charge is 0.337 e. The maximum atomic E-state index is 12.1. The molecule has 0 unspecified atom stereocenters. The van der Waals surface area contributed by atoms with Gasteiger partial charge in [-0.2, -0.15) is 0 Å². The molecule has 7 nitrogen and oxygen atoms in total. The fourth-order valence-electron chi connectivity index (χ4n) is 1.79. The molecule has 0 radical (unpaired) electrons. The predicted octanol–water partition coefficient (Wildman–Crippen LogP) is 2.34. The first kappa shape index (κ1) is 16.4. The predicted molar refractivity (Wildman–Crippen MR) is 86.5 cm³/mol. The molecule has 120 valence electrons. The van der Waals surface area contributed by atoms with Crippen LogP contribution in [0, 0.1) is 0 Å². The van der Waals surface area contributed by atoms with E-state index < -0.39 is 5.97 Å². The molecule has 1 amide bonds. The van der Waals surface area contributed by atoms with Gasteiger partial charge in [0.05, 0.1) is 18.2 Å². The fraction of sp³-hybridized carbons (Fsp3) is 0.250. The second-order valence-electron chi connectivity index (χ2n) is 5.12. The van der Waals surface area contributed by atoms with Crippen LogP contribution in [0.15, 0.2) is 36.7 Å². The molecule has 0 fully saturated rings. The van der Waals surface area contributed by atoms with Crippen molar-refractivity contribution in [3.8, 4) is 0 Å². The lowest BCUT2D eigenvalue weighted by Gasteiger charge is -2.08. The van der Waals surface area contributed by atoms with Gasteiger partial charge in [0, 0.05) is 24.1 Å². The van der Waals surface area contributed by atoms with E-state index in [1.807, 2.05) is 13.8 Å². The highest BCUT2D eigenvalue weighted by atomic mass is 16.5. The van der Waals surface area contributed by atoms with Gasteiger partial charge < -0.3 is 15.4 Å². The summed E-state index contributed by atoms with van der Waals surface area (Å²) in [5.74, 6) is -0.282. The molecule has 0 aliphatic heterocycles. The van der Waals surface area contributed by atoms with Crippen molar-refractivity contribution in [2.45, 2.75) is 19.9 Å². The highest BCUT2D eigenvalue weighted by molar-refractivity contribution is 6.04. The number of ether oxygens (including phenoxy) is 1. The van der Waals surface area contributed by atoms with Gasteiger partial charge in [-0.1, -0.05) is 0 Å². The summed E-state index contributed by atoms with van der Waals surface area (Å²) in [4.78, 5) is 31.6. The second-order valence-corrected chi connectivity index (χ2v) is 5.12. The Labute approximate surface area is 134 Å². The Morgan fingerprint density at radius 2 is 1.65 bits per heavy atom. The average Bonchev–Trinajstić information content (AvgIpc) is 2.55. The minimum absolute atomic E-state index is 0.211. The molecule has 0 aliphatic rings. The van der Waals surface area contributed by atoms with E-state index in [0.29, 0.717) is 22.8 Å². The molecule has 0 saturated carbocycles. The first-order chi connectivity index (χ1) is 11.0. The van der Waals surface area contributed by atoms with Crippen LogP contribution in [0.3, 0.4) is 0 Å². The van der Waals surface area contributed by atoms with Crippen LogP contribution in [-0.2, 0) is 4.74 Å². The second kappa shape index (κ2) is 7.35. The summed E-state index contributed by atoms with van der Waals surface area (Å²) in [7, 11) is 1.32. The summed E-state index contributed by atoms with van der Waals surface area (Å²) in [6.07, 6.45) is 2.91. The van der Waals surface area contributed by atoms with Crippen LogP contribution in [0.2, 0.25) is 0 Å². The van der Waals surface area contributed by atoms with Gasteiger partial charge in [0.15, 0.2) is 0 Å². The summed E-state index contributed by atoms with van der Waals surface area (Å²) in [5.41, 5.74) is 1.32. The number of hydrogen-bond donors (Lipinski definition) is 2. The number of hydrogen-bond acceptors (Lipinski definition) is 6. The Bertz CT molecular complexity index is 681. The first-order valence-corrected chi connectivity index (χ1v) is 7.08. The lowest BCUT2D eigenvalue weighted by molar-refractivity contribution is 0.0600. The molecular weight excluding hydrogens is 296 g/mol. The molecule has 1 aromatic carbocycles.